The number of hydrogen-bond acceptors (Lipinski definition) is 5. The molecule has 2 aliphatic rings. The molecule has 0 saturated heterocycles. The lowest BCUT2D eigenvalue weighted by Gasteiger charge is -2.24. The van der Waals surface area contributed by atoms with E-state index in [4.69, 9.17) is 10.5 Å². The molecule has 8 heteroatoms. The number of amides is 1. The van der Waals surface area contributed by atoms with E-state index in [0.29, 0.717) is 34.5 Å². The van der Waals surface area contributed by atoms with E-state index >= 15 is 4.39 Å². The predicted molar refractivity (Wildman–Crippen MR) is 123 cm³/mol. The summed E-state index contributed by atoms with van der Waals surface area (Å²) in [5.74, 6) is 0.534. The average molecular weight is 445 g/mol. The summed E-state index contributed by atoms with van der Waals surface area (Å²) in [6, 6.07) is 8.73. The summed E-state index contributed by atoms with van der Waals surface area (Å²) < 4.78 is 22.7. The molecule has 168 valence electrons. The van der Waals surface area contributed by atoms with Gasteiger partial charge in [-0.1, -0.05) is 26.0 Å². The van der Waals surface area contributed by atoms with Gasteiger partial charge in [-0.25, -0.2) is 14.4 Å². The zero-order valence-electron chi connectivity index (χ0n) is 18.7. The number of benzene rings is 2. The van der Waals surface area contributed by atoms with E-state index in [1.54, 1.807) is 28.9 Å². The Morgan fingerprint density at radius 1 is 1.27 bits per heavy atom. The van der Waals surface area contributed by atoms with Crippen LogP contribution < -0.4 is 10.5 Å². The highest BCUT2D eigenvalue weighted by atomic mass is 19.1. The van der Waals surface area contributed by atoms with Crippen molar-refractivity contribution in [2.24, 2.45) is 5.41 Å². The minimum absolute atomic E-state index is 0.0311. The Bertz CT molecular complexity index is 1460. The molecule has 2 aromatic carbocycles. The van der Waals surface area contributed by atoms with E-state index in [0.717, 1.165) is 11.3 Å². The first kappa shape index (κ1) is 20.0. The third kappa shape index (κ3) is 2.97. The van der Waals surface area contributed by atoms with Crippen molar-refractivity contribution in [2.75, 3.05) is 19.4 Å². The summed E-state index contributed by atoms with van der Waals surface area (Å²) in [4.78, 5) is 23.3. The lowest BCUT2D eigenvalue weighted by molar-refractivity contribution is 0.0704. The van der Waals surface area contributed by atoms with Gasteiger partial charge in [0.25, 0.3) is 5.91 Å². The van der Waals surface area contributed by atoms with Crippen LogP contribution in [0, 0.1) is 11.2 Å². The second kappa shape index (κ2) is 6.66. The molecule has 4 aromatic rings. The molecule has 1 amide bonds. The summed E-state index contributed by atoms with van der Waals surface area (Å²) in [6.07, 6.45) is 4.33. The van der Waals surface area contributed by atoms with Crippen molar-refractivity contribution in [3.05, 3.63) is 65.4 Å². The number of ether oxygens (including phenoxy) is 1. The molecular weight excluding hydrogens is 421 g/mol. The number of hydrogen-bond donors (Lipinski definition) is 1. The number of anilines is 1. The molecule has 2 unspecified atom stereocenters. The number of rotatable bonds is 3. The van der Waals surface area contributed by atoms with Gasteiger partial charge in [0.15, 0.2) is 0 Å². The first-order valence-electron chi connectivity index (χ1n) is 11.0. The smallest absolute Gasteiger partial charge is 0.257 e. The molecule has 2 atom stereocenters. The van der Waals surface area contributed by atoms with Crippen LogP contribution in [0.2, 0.25) is 0 Å². The Morgan fingerprint density at radius 2 is 2.06 bits per heavy atom. The van der Waals surface area contributed by atoms with Gasteiger partial charge >= 0.3 is 0 Å². The van der Waals surface area contributed by atoms with Crippen molar-refractivity contribution in [2.45, 2.75) is 32.2 Å². The molecule has 6 rings (SSSR count). The van der Waals surface area contributed by atoms with Crippen molar-refractivity contribution in [1.29, 1.82) is 0 Å². The standard InChI is InChI=1S/C25H24FN5O2/c1-25(2)9-16(25)13-4-5-14-21(11-33-22(14)6-13)30(3)24(32)15-7-19-18(8-17(15)26)29-23(27)20-10-28-12-31(19)20/h4-8,10,12,16,21H,9,11H2,1-3H3,(H2,27,29). The fourth-order valence-electron chi connectivity index (χ4n) is 4.98. The predicted octanol–water partition coefficient (Wildman–Crippen LogP) is 4.32. The first-order valence-corrected chi connectivity index (χ1v) is 11.0. The second-order valence-electron chi connectivity index (χ2n) is 9.75. The van der Waals surface area contributed by atoms with Crippen molar-refractivity contribution in [3.8, 4) is 5.75 Å². The molecule has 1 fully saturated rings. The highest BCUT2D eigenvalue weighted by Gasteiger charge is 2.47. The molecule has 33 heavy (non-hydrogen) atoms. The van der Waals surface area contributed by atoms with Gasteiger partial charge in [0.2, 0.25) is 0 Å². The fourth-order valence-corrected chi connectivity index (χ4v) is 4.98. The monoisotopic (exact) mass is 445 g/mol. The van der Waals surface area contributed by atoms with E-state index in [2.05, 4.69) is 35.9 Å². The molecule has 0 radical (unpaired) electrons. The van der Waals surface area contributed by atoms with Crippen LogP contribution in [0.5, 0.6) is 5.75 Å². The topological polar surface area (TPSA) is 85.8 Å². The molecule has 1 aliphatic heterocycles. The number of halogens is 1. The Kier molecular flexibility index (Phi) is 4.03. The summed E-state index contributed by atoms with van der Waals surface area (Å²) in [5.41, 5.74) is 9.99. The number of carbonyl (C=O) groups excluding carboxylic acids is 1. The van der Waals surface area contributed by atoms with Crippen LogP contribution in [-0.4, -0.2) is 38.8 Å². The minimum Gasteiger partial charge on any atom is -0.491 e. The zero-order chi connectivity index (χ0) is 23.1. The van der Waals surface area contributed by atoms with Gasteiger partial charge in [0.1, 0.15) is 29.5 Å². The molecule has 7 nitrogen and oxygen atoms in total. The Hall–Kier alpha value is -3.68. The molecular formula is C25H24FN5O2. The van der Waals surface area contributed by atoms with Gasteiger partial charge in [-0.15, -0.1) is 0 Å². The quantitative estimate of drug-likeness (QED) is 0.508. The number of nitrogens with two attached hydrogens (primary N) is 1. The van der Waals surface area contributed by atoms with Crippen molar-refractivity contribution in [3.63, 3.8) is 0 Å². The average Bonchev–Trinajstić information content (AvgIpc) is 3.16. The maximum absolute atomic E-state index is 15.0. The maximum Gasteiger partial charge on any atom is 0.257 e. The van der Waals surface area contributed by atoms with Gasteiger partial charge in [-0.2, -0.15) is 0 Å². The van der Waals surface area contributed by atoms with Gasteiger partial charge < -0.3 is 15.4 Å². The molecule has 0 bridgehead atoms. The zero-order valence-corrected chi connectivity index (χ0v) is 18.7. The van der Waals surface area contributed by atoms with Crippen molar-refractivity contribution in [1.82, 2.24) is 19.3 Å². The highest BCUT2D eigenvalue weighted by molar-refractivity contribution is 5.98. The Labute approximate surface area is 190 Å². The van der Waals surface area contributed by atoms with Gasteiger partial charge in [0, 0.05) is 18.7 Å². The van der Waals surface area contributed by atoms with Crippen LogP contribution in [0.3, 0.4) is 0 Å². The van der Waals surface area contributed by atoms with Gasteiger partial charge in [-0.3, -0.25) is 9.20 Å². The minimum atomic E-state index is -0.642. The van der Waals surface area contributed by atoms with Crippen LogP contribution >= 0.6 is 0 Å². The van der Waals surface area contributed by atoms with Crippen molar-refractivity contribution < 1.29 is 13.9 Å². The van der Waals surface area contributed by atoms with Gasteiger partial charge in [0.05, 0.1) is 35.2 Å². The van der Waals surface area contributed by atoms with E-state index in [-0.39, 0.29) is 17.4 Å². The lowest BCUT2D eigenvalue weighted by Crippen LogP contribution is -2.32. The van der Waals surface area contributed by atoms with Crippen LogP contribution in [0.1, 0.15) is 53.7 Å². The second-order valence-corrected chi connectivity index (χ2v) is 9.75. The van der Waals surface area contributed by atoms with Crippen LogP contribution in [-0.2, 0) is 0 Å². The number of carbonyl (C=O) groups is 1. The summed E-state index contributed by atoms with van der Waals surface area (Å²) in [7, 11) is 1.68. The number of likely N-dealkylation sites (N-methyl/N-ethyl adjacent to an activating group) is 1. The fraction of sp³-hybridized carbons (Fsp3) is 0.320. The van der Waals surface area contributed by atoms with Crippen LogP contribution in [0.25, 0.3) is 16.6 Å². The molecule has 1 aliphatic carbocycles. The lowest BCUT2D eigenvalue weighted by atomic mass is 9.99. The van der Waals surface area contributed by atoms with E-state index in [1.165, 1.54) is 24.1 Å². The van der Waals surface area contributed by atoms with E-state index < -0.39 is 11.7 Å². The third-order valence-corrected chi connectivity index (χ3v) is 7.19. The highest BCUT2D eigenvalue weighted by Crippen LogP contribution is 2.59. The molecule has 2 N–H and O–H groups in total. The molecule has 3 heterocycles. The van der Waals surface area contributed by atoms with Crippen LogP contribution in [0.15, 0.2) is 42.9 Å². The first-order chi connectivity index (χ1) is 15.7. The summed E-state index contributed by atoms with van der Waals surface area (Å²) in [6.45, 7) is 4.87. The van der Waals surface area contributed by atoms with Gasteiger partial charge in [-0.05, 0) is 35.4 Å². The molecule has 2 aromatic heterocycles. The number of aromatic nitrogens is 3. The maximum atomic E-state index is 15.0. The number of nitrogens with zero attached hydrogens (tertiary/aromatic N) is 4. The number of nitrogen functional groups attached to an aromatic ring is 1. The molecule has 1 saturated carbocycles. The summed E-state index contributed by atoms with van der Waals surface area (Å²) >= 11 is 0. The third-order valence-electron chi connectivity index (χ3n) is 7.19. The van der Waals surface area contributed by atoms with Crippen molar-refractivity contribution >= 4 is 28.3 Å². The normalized spacial score (nSPS) is 20.6. The number of imidazole rings is 1. The SMILES string of the molecule is CN(C(=O)c1cc2c(cc1F)nc(N)c1cncn12)C1COc2cc(C3CC3(C)C)ccc21. The Balaban J connectivity index is 1.34. The molecule has 0 spiro atoms. The largest absolute Gasteiger partial charge is 0.491 e. The van der Waals surface area contributed by atoms with Crippen LogP contribution in [0.4, 0.5) is 10.2 Å². The summed E-state index contributed by atoms with van der Waals surface area (Å²) in [5, 5.41) is 0. The Morgan fingerprint density at radius 3 is 2.82 bits per heavy atom. The number of fused-ring (bicyclic) bond motifs is 4. The van der Waals surface area contributed by atoms with E-state index in [9.17, 15) is 4.79 Å². The van der Waals surface area contributed by atoms with E-state index in [1.807, 2.05) is 6.07 Å².